The predicted octanol–water partition coefficient (Wildman–Crippen LogP) is -0.0225. The van der Waals surface area contributed by atoms with E-state index >= 15 is 0 Å². The molecular weight excluding hydrogens is 213 g/mol. The molecule has 0 radical (unpaired) electrons. The maximum atomic E-state index is 12.1. The second kappa shape index (κ2) is 5.92. The van der Waals surface area contributed by atoms with Crippen molar-refractivity contribution in [3.8, 4) is 0 Å². The topological polar surface area (TPSA) is 52.6 Å². The lowest BCUT2D eigenvalue weighted by Crippen LogP contribution is -2.48. The van der Waals surface area contributed by atoms with Gasteiger partial charge in [0.05, 0.1) is 12.6 Å². The van der Waals surface area contributed by atoms with Gasteiger partial charge in [-0.3, -0.25) is 4.79 Å². The maximum absolute atomic E-state index is 12.1. The first kappa shape index (κ1) is 14.2. The maximum Gasteiger partial charge on any atom is 0.406 e. The molecule has 0 aliphatic carbocycles. The number of likely N-dealkylation sites (N-methyl/N-ethyl adjacent to an activating group) is 1. The number of aliphatic hydroxyl groups excluding tert-OH is 1. The van der Waals surface area contributed by atoms with Crippen LogP contribution in [0.1, 0.15) is 6.92 Å². The fourth-order valence-corrected chi connectivity index (χ4v) is 1.00. The molecule has 0 heterocycles. The van der Waals surface area contributed by atoms with E-state index in [9.17, 15) is 18.0 Å². The van der Waals surface area contributed by atoms with Gasteiger partial charge in [0.1, 0.15) is 6.54 Å². The van der Waals surface area contributed by atoms with Gasteiger partial charge in [0.2, 0.25) is 5.91 Å². The third kappa shape index (κ3) is 5.58. The molecule has 7 heteroatoms. The second-order valence-electron chi connectivity index (χ2n) is 3.11. The lowest BCUT2D eigenvalue weighted by Gasteiger charge is -2.25. The number of rotatable bonds is 5. The van der Waals surface area contributed by atoms with Gasteiger partial charge in [-0.05, 0) is 14.0 Å². The number of halogens is 3. The highest BCUT2D eigenvalue weighted by Crippen LogP contribution is 2.16. The van der Waals surface area contributed by atoms with Crippen LogP contribution in [0.4, 0.5) is 13.2 Å². The van der Waals surface area contributed by atoms with Gasteiger partial charge >= 0.3 is 6.18 Å². The Morgan fingerprint density at radius 1 is 1.53 bits per heavy atom. The van der Waals surface area contributed by atoms with Crippen LogP contribution in [0.15, 0.2) is 0 Å². The fourth-order valence-electron chi connectivity index (χ4n) is 1.00. The Morgan fingerprint density at radius 2 is 2.07 bits per heavy atom. The lowest BCUT2D eigenvalue weighted by molar-refractivity contribution is -0.163. The molecule has 0 aromatic rings. The summed E-state index contributed by atoms with van der Waals surface area (Å²) in [6.45, 7) is -0.676. The van der Waals surface area contributed by atoms with Crippen molar-refractivity contribution in [1.29, 1.82) is 0 Å². The molecule has 90 valence electrons. The predicted molar refractivity (Wildman–Crippen MR) is 48.2 cm³/mol. The highest BCUT2D eigenvalue weighted by Gasteiger charge is 2.33. The minimum Gasteiger partial charge on any atom is -0.395 e. The van der Waals surface area contributed by atoms with Crippen molar-refractivity contribution in [2.45, 2.75) is 19.1 Å². The Labute approximate surface area is 86.1 Å². The molecule has 0 saturated carbocycles. The summed E-state index contributed by atoms with van der Waals surface area (Å²) >= 11 is 0. The summed E-state index contributed by atoms with van der Waals surface area (Å²) < 4.78 is 36.2. The summed E-state index contributed by atoms with van der Waals surface area (Å²) in [4.78, 5) is 12.0. The number of nitrogens with one attached hydrogen (secondary N) is 1. The third-order valence-corrected chi connectivity index (χ3v) is 1.86. The van der Waals surface area contributed by atoms with Crippen LogP contribution >= 0.6 is 0 Å². The fraction of sp³-hybridized carbons (Fsp3) is 0.875. The molecule has 0 rings (SSSR count). The minimum absolute atomic E-state index is 0.315. The van der Waals surface area contributed by atoms with Crippen molar-refractivity contribution in [1.82, 2.24) is 10.2 Å². The Bertz CT molecular complexity index is 209. The zero-order valence-electron chi connectivity index (χ0n) is 8.64. The summed E-state index contributed by atoms with van der Waals surface area (Å²) in [7, 11) is 1.48. The number of aliphatic hydroxyl groups is 1. The molecule has 1 amide bonds. The summed E-state index contributed by atoms with van der Waals surface area (Å²) in [5, 5.41) is 11.1. The largest absolute Gasteiger partial charge is 0.406 e. The van der Waals surface area contributed by atoms with Gasteiger partial charge in [0, 0.05) is 6.54 Å². The SMILES string of the molecule is CNC(C)C(=O)N(CCO)CC(F)(F)F. The smallest absolute Gasteiger partial charge is 0.395 e. The monoisotopic (exact) mass is 228 g/mol. The zero-order valence-corrected chi connectivity index (χ0v) is 8.64. The standard InChI is InChI=1S/C8H15F3N2O2/c1-6(12-2)7(15)13(3-4-14)5-8(9,10)11/h6,12,14H,3-5H2,1-2H3. The van der Waals surface area contributed by atoms with E-state index in [0.29, 0.717) is 4.90 Å². The summed E-state index contributed by atoms with van der Waals surface area (Å²) in [6.07, 6.45) is -4.45. The first-order valence-electron chi connectivity index (χ1n) is 4.45. The van der Waals surface area contributed by atoms with Gasteiger partial charge in [-0.1, -0.05) is 0 Å². The van der Waals surface area contributed by atoms with Crippen LogP contribution < -0.4 is 5.32 Å². The van der Waals surface area contributed by atoms with Crippen LogP contribution in [0, 0.1) is 0 Å². The Hall–Kier alpha value is -0.820. The highest BCUT2D eigenvalue weighted by atomic mass is 19.4. The van der Waals surface area contributed by atoms with Crippen LogP contribution in [0.3, 0.4) is 0 Å². The summed E-state index contributed by atoms with van der Waals surface area (Å²) in [5.74, 6) is -0.677. The van der Waals surface area contributed by atoms with Crippen molar-refractivity contribution >= 4 is 5.91 Å². The van der Waals surface area contributed by atoms with E-state index in [1.54, 1.807) is 0 Å². The lowest BCUT2D eigenvalue weighted by atomic mass is 10.3. The molecule has 2 N–H and O–H groups in total. The van der Waals surface area contributed by atoms with Gasteiger partial charge in [-0.15, -0.1) is 0 Å². The minimum atomic E-state index is -4.45. The first-order chi connectivity index (χ1) is 6.81. The molecule has 0 aromatic carbocycles. The molecule has 0 aliphatic rings. The first-order valence-corrected chi connectivity index (χ1v) is 4.45. The number of nitrogens with zero attached hydrogens (tertiary/aromatic N) is 1. The normalized spacial score (nSPS) is 13.7. The van der Waals surface area contributed by atoms with Crippen molar-refractivity contribution < 1.29 is 23.1 Å². The quantitative estimate of drug-likeness (QED) is 0.695. The number of hydrogen-bond acceptors (Lipinski definition) is 3. The van der Waals surface area contributed by atoms with Crippen molar-refractivity contribution in [2.24, 2.45) is 0 Å². The molecule has 4 nitrogen and oxygen atoms in total. The van der Waals surface area contributed by atoms with Crippen LogP contribution in [0.2, 0.25) is 0 Å². The molecule has 1 atom stereocenters. The van der Waals surface area contributed by atoms with Gasteiger partial charge in [0.25, 0.3) is 0 Å². The molecule has 0 spiro atoms. The zero-order chi connectivity index (χ0) is 12.1. The second-order valence-corrected chi connectivity index (χ2v) is 3.11. The Balaban J connectivity index is 4.45. The van der Waals surface area contributed by atoms with Crippen molar-refractivity contribution in [2.75, 3.05) is 26.7 Å². The van der Waals surface area contributed by atoms with E-state index in [0.717, 1.165) is 0 Å². The van der Waals surface area contributed by atoms with Crippen molar-refractivity contribution in [3.05, 3.63) is 0 Å². The van der Waals surface area contributed by atoms with E-state index in [2.05, 4.69) is 5.32 Å². The van der Waals surface area contributed by atoms with Crippen LogP contribution in [0.25, 0.3) is 0 Å². The molecular formula is C8H15F3N2O2. The molecule has 0 aliphatic heterocycles. The number of alkyl halides is 3. The average Bonchev–Trinajstić information content (AvgIpc) is 2.13. The van der Waals surface area contributed by atoms with Gasteiger partial charge in [-0.2, -0.15) is 13.2 Å². The average molecular weight is 228 g/mol. The van der Waals surface area contributed by atoms with E-state index in [-0.39, 0.29) is 6.54 Å². The number of amides is 1. The third-order valence-electron chi connectivity index (χ3n) is 1.86. The molecule has 0 aromatic heterocycles. The molecule has 15 heavy (non-hydrogen) atoms. The van der Waals surface area contributed by atoms with Crippen LogP contribution in [0.5, 0.6) is 0 Å². The van der Waals surface area contributed by atoms with Gasteiger partial charge < -0.3 is 15.3 Å². The Kier molecular flexibility index (Phi) is 5.59. The highest BCUT2D eigenvalue weighted by molar-refractivity contribution is 5.81. The van der Waals surface area contributed by atoms with E-state index < -0.39 is 31.3 Å². The number of hydrogen-bond donors (Lipinski definition) is 2. The molecule has 0 fully saturated rings. The molecule has 1 unspecified atom stereocenters. The number of carbonyl (C=O) groups excluding carboxylic acids is 1. The summed E-state index contributed by atoms with van der Waals surface area (Å²) in [5.41, 5.74) is 0. The summed E-state index contributed by atoms with van der Waals surface area (Å²) in [6, 6.07) is -0.695. The van der Waals surface area contributed by atoms with E-state index in [1.807, 2.05) is 0 Å². The van der Waals surface area contributed by atoms with E-state index in [4.69, 9.17) is 5.11 Å². The van der Waals surface area contributed by atoms with E-state index in [1.165, 1.54) is 14.0 Å². The number of carbonyl (C=O) groups is 1. The van der Waals surface area contributed by atoms with Crippen molar-refractivity contribution in [3.63, 3.8) is 0 Å². The van der Waals surface area contributed by atoms with Crippen LogP contribution in [-0.4, -0.2) is 54.9 Å². The Morgan fingerprint density at radius 3 is 2.40 bits per heavy atom. The van der Waals surface area contributed by atoms with Gasteiger partial charge in [-0.25, -0.2) is 0 Å². The molecule has 0 saturated heterocycles. The van der Waals surface area contributed by atoms with Crippen LogP contribution in [-0.2, 0) is 4.79 Å². The molecule has 0 bridgehead atoms. The van der Waals surface area contributed by atoms with Gasteiger partial charge in [0.15, 0.2) is 0 Å².